The Labute approximate surface area is 93.1 Å². The van der Waals surface area contributed by atoms with E-state index >= 15 is 0 Å². The van der Waals surface area contributed by atoms with Crippen LogP contribution >= 0.6 is 0 Å². The monoisotopic (exact) mass is 223 g/mol. The number of carbonyl (C=O) groups excluding carboxylic acids is 2. The van der Waals surface area contributed by atoms with Crippen molar-refractivity contribution in [2.75, 3.05) is 13.7 Å². The van der Waals surface area contributed by atoms with Crippen molar-refractivity contribution in [2.45, 2.75) is 13.8 Å². The van der Waals surface area contributed by atoms with Gasteiger partial charge in [-0.25, -0.2) is 9.59 Å². The molecule has 1 atom stereocenters. The van der Waals surface area contributed by atoms with Crippen LogP contribution < -0.4 is 5.32 Å². The molecule has 0 fully saturated rings. The summed E-state index contributed by atoms with van der Waals surface area (Å²) >= 11 is 0. The Morgan fingerprint density at radius 1 is 1.56 bits per heavy atom. The van der Waals surface area contributed by atoms with Gasteiger partial charge in [0.25, 0.3) is 0 Å². The average Bonchev–Trinajstić information content (AvgIpc) is 2.59. The van der Waals surface area contributed by atoms with Crippen molar-refractivity contribution in [2.24, 2.45) is 5.92 Å². The number of hydrogen-bond acceptors (Lipinski definition) is 5. The summed E-state index contributed by atoms with van der Waals surface area (Å²) in [6, 6.07) is 0. The molecule has 16 heavy (non-hydrogen) atoms. The number of cyclic esters (lactones) is 1. The van der Waals surface area contributed by atoms with Crippen LogP contribution in [0, 0.1) is 5.92 Å². The zero-order valence-corrected chi connectivity index (χ0v) is 9.42. The molecule has 0 bridgehead atoms. The molecule has 86 valence electrons. The molecular weight excluding hydrogens is 210 g/mol. The third-order valence-electron chi connectivity index (χ3n) is 2.91. The maximum absolute atomic E-state index is 11.6. The van der Waals surface area contributed by atoms with Gasteiger partial charge in [0.1, 0.15) is 6.61 Å². The summed E-state index contributed by atoms with van der Waals surface area (Å²) in [5.74, 6) is -1.05. The van der Waals surface area contributed by atoms with Gasteiger partial charge in [-0.1, -0.05) is 6.92 Å². The highest BCUT2D eigenvalue weighted by molar-refractivity contribution is 5.98. The first-order chi connectivity index (χ1) is 7.56. The normalized spacial score (nSPS) is 23.9. The quantitative estimate of drug-likeness (QED) is 0.655. The van der Waals surface area contributed by atoms with Gasteiger partial charge in [-0.2, -0.15) is 0 Å². The standard InChI is InChI=1S/C11H13NO4/c1-5-8(10(13)15-3)6(2)12-7-4-16-11(14)9(5)7/h5,12H,4H2,1-3H3. The summed E-state index contributed by atoms with van der Waals surface area (Å²) in [5, 5.41) is 3.02. The topological polar surface area (TPSA) is 64.6 Å². The molecule has 0 amide bonds. The van der Waals surface area contributed by atoms with Gasteiger partial charge in [0.2, 0.25) is 0 Å². The second-order valence-corrected chi connectivity index (χ2v) is 3.85. The predicted molar refractivity (Wildman–Crippen MR) is 55.0 cm³/mol. The van der Waals surface area contributed by atoms with Crippen molar-refractivity contribution in [1.82, 2.24) is 5.32 Å². The van der Waals surface area contributed by atoms with E-state index in [4.69, 9.17) is 9.47 Å². The third-order valence-corrected chi connectivity index (χ3v) is 2.91. The molecule has 2 heterocycles. The number of nitrogens with one attached hydrogen (secondary N) is 1. The van der Waals surface area contributed by atoms with Gasteiger partial charge in [-0.05, 0) is 6.92 Å². The smallest absolute Gasteiger partial charge is 0.336 e. The molecule has 0 radical (unpaired) electrons. The lowest BCUT2D eigenvalue weighted by Crippen LogP contribution is -2.29. The maximum Gasteiger partial charge on any atom is 0.336 e. The van der Waals surface area contributed by atoms with Gasteiger partial charge in [0, 0.05) is 11.6 Å². The van der Waals surface area contributed by atoms with Crippen LogP contribution in [0.25, 0.3) is 0 Å². The Morgan fingerprint density at radius 3 is 2.88 bits per heavy atom. The highest BCUT2D eigenvalue weighted by Crippen LogP contribution is 2.33. The first kappa shape index (κ1) is 10.7. The summed E-state index contributed by atoms with van der Waals surface area (Å²) in [5.41, 5.74) is 2.49. The van der Waals surface area contributed by atoms with Crippen LogP contribution in [0.1, 0.15) is 13.8 Å². The minimum absolute atomic E-state index is 0.254. The molecule has 2 aliphatic rings. The third kappa shape index (κ3) is 1.39. The van der Waals surface area contributed by atoms with Gasteiger partial charge < -0.3 is 14.8 Å². The van der Waals surface area contributed by atoms with E-state index < -0.39 is 5.97 Å². The van der Waals surface area contributed by atoms with Crippen molar-refractivity contribution in [3.8, 4) is 0 Å². The summed E-state index contributed by atoms with van der Waals surface area (Å²) in [6.45, 7) is 3.85. The van der Waals surface area contributed by atoms with Gasteiger partial charge in [-0.15, -0.1) is 0 Å². The summed E-state index contributed by atoms with van der Waals surface area (Å²) < 4.78 is 9.63. The molecule has 2 rings (SSSR count). The van der Waals surface area contributed by atoms with E-state index in [2.05, 4.69) is 5.32 Å². The Hall–Kier alpha value is -1.78. The van der Waals surface area contributed by atoms with E-state index in [9.17, 15) is 9.59 Å². The Morgan fingerprint density at radius 2 is 2.25 bits per heavy atom. The molecule has 0 saturated carbocycles. The lowest BCUT2D eigenvalue weighted by Gasteiger charge is -2.23. The Balaban J connectivity index is 2.39. The van der Waals surface area contributed by atoms with Crippen LogP contribution in [0.15, 0.2) is 22.5 Å². The first-order valence-electron chi connectivity index (χ1n) is 5.02. The van der Waals surface area contributed by atoms with Crippen LogP contribution in [-0.4, -0.2) is 25.7 Å². The van der Waals surface area contributed by atoms with E-state index in [0.717, 1.165) is 11.4 Å². The van der Waals surface area contributed by atoms with Gasteiger partial charge in [0.05, 0.1) is 24.0 Å². The lowest BCUT2D eigenvalue weighted by molar-refractivity contribution is -0.137. The summed E-state index contributed by atoms with van der Waals surface area (Å²) in [4.78, 5) is 23.1. The number of methoxy groups -OCH3 is 1. The molecule has 1 unspecified atom stereocenters. The molecular formula is C11H13NO4. The molecule has 1 N–H and O–H groups in total. The number of allylic oxidation sites excluding steroid dienone is 1. The zero-order chi connectivity index (χ0) is 11.9. The van der Waals surface area contributed by atoms with Gasteiger partial charge in [-0.3, -0.25) is 0 Å². The fourth-order valence-corrected chi connectivity index (χ4v) is 2.16. The molecule has 0 aromatic heterocycles. The Bertz CT molecular complexity index is 433. The molecule has 0 aromatic rings. The predicted octanol–water partition coefficient (Wildman–Crippen LogP) is 0.484. The van der Waals surface area contributed by atoms with Crippen molar-refractivity contribution < 1.29 is 19.1 Å². The SMILES string of the molecule is COC(=O)C1=C(C)NC2=C(C(=O)OC2)C1C. The van der Waals surface area contributed by atoms with Crippen molar-refractivity contribution >= 4 is 11.9 Å². The zero-order valence-electron chi connectivity index (χ0n) is 9.42. The van der Waals surface area contributed by atoms with E-state index in [1.165, 1.54) is 7.11 Å². The molecule has 0 spiro atoms. The molecule has 0 aromatic carbocycles. The summed E-state index contributed by atoms with van der Waals surface area (Å²) in [6.07, 6.45) is 0. The highest BCUT2D eigenvalue weighted by atomic mass is 16.5. The number of dihydropyridines is 1. The second kappa shape index (κ2) is 3.66. The number of esters is 2. The number of ether oxygens (including phenoxy) is 2. The van der Waals surface area contributed by atoms with E-state index in [-0.39, 0.29) is 18.5 Å². The highest BCUT2D eigenvalue weighted by Gasteiger charge is 2.38. The van der Waals surface area contributed by atoms with Crippen LogP contribution in [-0.2, 0) is 19.1 Å². The van der Waals surface area contributed by atoms with Crippen LogP contribution in [0.4, 0.5) is 0 Å². The van der Waals surface area contributed by atoms with Crippen LogP contribution in [0.5, 0.6) is 0 Å². The fraction of sp³-hybridized carbons (Fsp3) is 0.455. The second-order valence-electron chi connectivity index (χ2n) is 3.85. The average molecular weight is 223 g/mol. The van der Waals surface area contributed by atoms with Crippen molar-refractivity contribution in [1.29, 1.82) is 0 Å². The minimum Gasteiger partial charge on any atom is -0.466 e. The van der Waals surface area contributed by atoms with Crippen molar-refractivity contribution in [3.63, 3.8) is 0 Å². The maximum atomic E-state index is 11.6. The Kier molecular flexibility index (Phi) is 2.46. The van der Waals surface area contributed by atoms with Gasteiger partial charge >= 0.3 is 11.9 Å². The molecule has 5 nitrogen and oxygen atoms in total. The van der Waals surface area contributed by atoms with E-state index in [1.807, 2.05) is 0 Å². The number of carbonyl (C=O) groups is 2. The van der Waals surface area contributed by atoms with E-state index in [0.29, 0.717) is 11.1 Å². The molecule has 5 heteroatoms. The van der Waals surface area contributed by atoms with Crippen LogP contribution in [0.2, 0.25) is 0 Å². The lowest BCUT2D eigenvalue weighted by atomic mass is 9.88. The molecule has 2 aliphatic heterocycles. The van der Waals surface area contributed by atoms with Crippen molar-refractivity contribution in [3.05, 3.63) is 22.5 Å². The minimum atomic E-state index is -0.413. The number of rotatable bonds is 1. The fourth-order valence-electron chi connectivity index (χ4n) is 2.16. The largest absolute Gasteiger partial charge is 0.466 e. The first-order valence-corrected chi connectivity index (χ1v) is 5.02. The molecule has 0 aliphatic carbocycles. The van der Waals surface area contributed by atoms with Crippen LogP contribution in [0.3, 0.4) is 0 Å². The van der Waals surface area contributed by atoms with Gasteiger partial charge in [0.15, 0.2) is 0 Å². The molecule has 0 saturated heterocycles. The summed E-state index contributed by atoms with van der Waals surface area (Å²) in [7, 11) is 1.33. The van der Waals surface area contributed by atoms with E-state index in [1.54, 1.807) is 13.8 Å². The number of hydrogen-bond donors (Lipinski definition) is 1.